The second-order valence-electron chi connectivity index (χ2n) is 5.57. The van der Waals surface area contributed by atoms with Crippen LogP contribution >= 0.6 is 0 Å². The summed E-state index contributed by atoms with van der Waals surface area (Å²) in [6.45, 7) is 1.63. The summed E-state index contributed by atoms with van der Waals surface area (Å²) >= 11 is 0. The maximum atomic E-state index is 13.3. The Morgan fingerprint density at radius 1 is 1.23 bits per heavy atom. The van der Waals surface area contributed by atoms with Gasteiger partial charge < -0.3 is 15.2 Å². The highest BCUT2D eigenvalue weighted by Gasteiger charge is 2.27. The molecule has 0 bridgehead atoms. The van der Waals surface area contributed by atoms with Crippen molar-refractivity contribution in [2.45, 2.75) is 25.2 Å². The molecule has 3 nitrogen and oxygen atoms in total. The van der Waals surface area contributed by atoms with Gasteiger partial charge in [-0.2, -0.15) is 0 Å². The average molecular weight is 301 g/mol. The third-order valence-corrected chi connectivity index (χ3v) is 3.96. The van der Waals surface area contributed by atoms with E-state index in [0.717, 1.165) is 11.1 Å². The largest absolute Gasteiger partial charge is 0.389 e. The van der Waals surface area contributed by atoms with E-state index in [0.29, 0.717) is 26.1 Å². The van der Waals surface area contributed by atoms with Gasteiger partial charge in [-0.3, -0.25) is 0 Å². The lowest BCUT2D eigenvalue weighted by Gasteiger charge is -2.30. The minimum absolute atomic E-state index is 0.240. The molecule has 1 aliphatic rings. The molecule has 2 N–H and O–H groups in total. The van der Waals surface area contributed by atoms with Gasteiger partial charge in [0.15, 0.2) is 0 Å². The van der Waals surface area contributed by atoms with E-state index in [1.807, 2.05) is 30.3 Å². The lowest BCUT2D eigenvalue weighted by Crippen LogP contribution is -2.35. The molecule has 0 fully saturated rings. The minimum Gasteiger partial charge on any atom is -0.389 e. The second kappa shape index (κ2) is 7.01. The van der Waals surface area contributed by atoms with E-state index in [2.05, 4.69) is 5.32 Å². The molecule has 2 atom stereocenters. The molecule has 4 heteroatoms. The standard InChI is InChI=1S/C18H20FNO2/c19-15-6-7-16-14(10-15)8-9-22-18(16)17(21)12-20-11-13-4-2-1-3-5-13/h1-7,10,17-18,20-21H,8-9,11-12H2. The van der Waals surface area contributed by atoms with Crippen molar-refractivity contribution in [2.24, 2.45) is 0 Å². The topological polar surface area (TPSA) is 41.5 Å². The number of hydrogen-bond donors (Lipinski definition) is 2. The fourth-order valence-corrected chi connectivity index (χ4v) is 2.84. The van der Waals surface area contributed by atoms with Gasteiger partial charge in [-0.05, 0) is 35.2 Å². The Hall–Kier alpha value is -1.75. The number of nitrogens with one attached hydrogen (secondary N) is 1. The monoisotopic (exact) mass is 301 g/mol. The van der Waals surface area contributed by atoms with Crippen LogP contribution in [-0.4, -0.2) is 24.4 Å². The number of benzene rings is 2. The number of ether oxygens (including phenoxy) is 1. The van der Waals surface area contributed by atoms with Crippen LogP contribution in [0.3, 0.4) is 0 Å². The molecule has 0 amide bonds. The van der Waals surface area contributed by atoms with E-state index < -0.39 is 12.2 Å². The summed E-state index contributed by atoms with van der Waals surface area (Å²) in [6.07, 6.45) is -0.367. The van der Waals surface area contributed by atoms with Crippen molar-refractivity contribution in [2.75, 3.05) is 13.2 Å². The Morgan fingerprint density at radius 3 is 2.86 bits per heavy atom. The van der Waals surface area contributed by atoms with Gasteiger partial charge in [-0.15, -0.1) is 0 Å². The summed E-state index contributed by atoms with van der Waals surface area (Å²) in [6, 6.07) is 14.7. The summed E-state index contributed by atoms with van der Waals surface area (Å²) in [5, 5.41) is 13.6. The zero-order chi connectivity index (χ0) is 15.4. The van der Waals surface area contributed by atoms with Crippen LogP contribution in [0.2, 0.25) is 0 Å². The smallest absolute Gasteiger partial charge is 0.123 e. The summed E-state index contributed by atoms with van der Waals surface area (Å²) in [4.78, 5) is 0. The Bertz CT molecular complexity index is 618. The molecule has 0 aromatic heterocycles. The number of aliphatic hydroxyl groups is 1. The second-order valence-corrected chi connectivity index (χ2v) is 5.57. The van der Waals surface area contributed by atoms with Gasteiger partial charge in [-0.1, -0.05) is 36.4 Å². The van der Waals surface area contributed by atoms with Crippen LogP contribution in [0.5, 0.6) is 0 Å². The lowest BCUT2D eigenvalue weighted by molar-refractivity contribution is -0.0456. The highest BCUT2D eigenvalue weighted by Crippen LogP contribution is 2.30. The zero-order valence-electron chi connectivity index (χ0n) is 12.3. The van der Waals surface area contributed by atoms with Gasteiger partial charge in [0.05, 0.1) is 12.7 Å². The van der Waals surface area contributed by atoms with Gasteiger partial charge in [0.2, 0.25) is 0 Å². The van der Waals surface area contributed by atoms with Crippen molar-refractivity contribution in [3.05, 3.63) is 71.0 Å². The SMILES string of the molecule is OC(CNCc1ccccc1)C1OCCc2cc(F)ccc21. The molecule has 1 aliphatic heterocycles. The summed E-state index contributed by atoms with van der Waals surface area (Å²) < 4.78 is 19.0. The van der Waals surface area contributed by atoms with Gasteiger partial charge >= 0.3 is 0 Å². The number of rotatable bonds is 5. The summed E-state index contributed by atoms with van der Waals surface area (Å²) in [5.74, 6) is -0.240. The predicted octanol–water partition coefficient (Wildman–Crippen LogP) is 2.59. The predicted molar refractivity (Wildman–Crippen MR) is 83.0 cm³/mol. The highest BCUT2D eigenvalue weighted by atomic mass is 19.1. The van der Waals surface area contributed by atoms with E-state index in [-0.39, 0.29) is 5.82 Å². The quantitative estimate of drug-likeness (QED) is 0.892. The fourth-order valence-electron chi connectivity index (χ4n) is 2.84. The molecule has 22 heavy (non-hydrogen) atoms. The zero-order valence-corrected chi connectivity index (χ0v) is 12.3. The van der Waals surface area contributed by atoms with E-state index in [1.165, 1.54) is 17.7 Å². The van der Waals surface area contributed by atoms with Crippen molar-refractivity contribution in [1.29, 1.82) is 0 Å². The van der Waals surface area contributed by atoms with Crippen molar-refractivity contribution >= 4 is 0 Å². The molecule has 0 spiro atoms. The van der Waals surface area contributed by atoms with Crippen LogP contribution in [0, 0.1) is 5.82 Å². The first-order valence-electron chi connectivity index (χ1n) is 7.56. The summed E-state index contributed by atoms with van der Waals surface area (Å²) in [7, 11) is 0. The minimum atomic E-state index is -0.659. The Labute approximate surface area is 129 Å². The molecule has 0 saturated heterocycles. The van der Waals surface area contributed by atoms with E-state index in [9.17, 15) is 9.50 Å². The highest BCUT2D eigenvalue weighted by molar-refractivity contribution is 5.32. The number of halogens is 1. The molecule has 1 heterocycles. The van der Waals surface area contributed by atoms with Crippen molar-refractivity contribution in [3.8, 4) is 0 Å². The van der Waals surface area contributed by atoms with Gasteiger partial charge in [0.25, 0.3) is 0 Å². The molecule has 3 rings (SSSR count). The first-order chi connectivity index (χ1) is 10.7. The Kier molecular flexibility index (Phi) is 4.83. The molecule has 0 radical (unpaired) electrons. The van der Waals surface area contributed by atoms with E-state index in [4.69, 9.17) is 4.74 Å². The van der Waals surface area contributed by atoms with Crippen molar-refractivity contribution < 1.29 is 14.2 Å². The molecular weight excluding hydrogens is 281 g/mol. The third kappa shape index (κ3) is 3.53. The maximum absolute atomic E-state index is 13.3. The van der Waals surface area contributed by atoms with Crippen LogP contribution in [0.4, 0.5) is 4.39 Å². The van der Waals surface area contributed by atoms with Crippen LogP contribution in [0.15, 0.2) is 48.5 Å². The Morgan fingerprint density at radius 2 is 2.05 bits per heavy atom. The van der Waals surface area contributed by atoms with Crippen LogP contribution in [-0.2, 0) is 17.7 Å². The number of aliphatic hydroxyl groups excluding tert-OH is 1. The molecule has 2 aromatic rings. The van der Waals surface area contributed by atoms with E-state index in [1.54, 1.807) is 6.07 Å². The van der Waals surface area contributed by atoms with Crippen molar-refractivity contribution in [3.63, 3.8) is 0 Å². The van der Waals surface area contributed by atoms with Crippen LogP contribution in [0.1, 0.15) is 22.8 Å². The molecule has 116 valence electrons. The molecule has 2 aromatic carbocycles. The molecule has 0 aliphatic carbocycles. The fraction of sp³-hybridized carbons (Fsp3) is 0.333. The maximum Gasteiger partial charge on any atom is 0.123 e. The van der Waals surface area contributed by atoms with Crippen LogP contribution in [0.25, 0.3) is 0 Å². The average Bonchev–Trinajstić information content (AvgIpc) is 2.55. The molecule has 0 saturated carbocycles. The number of hydrogen-bond acceptors (Lipinski definition) is 3. The van der Waals surface area contributed by atoms with Gasteiger partial charge in [0.1, 0.15) is 11.9 Å². The lowest BCUT2D eigenvalue weighted by atomic mass is 9.94. The Balaban J connectivity index is 1.60. The number of fused-ring (bicyclic) bond motifs is 1. The first-order valence-corrected chi connectivity index (χ1v) is 7.56. The van der Waals surface area contributed by atoms with Crippen LogP contribution < -0.4 is 5.32 Å². The first kappa shape index (κ1) is 15.2. The normalized spacial score (nSPS) is 18.7. The third-order valence-electron chi connectivity index (χ3n) is 3.96. The molecule has 2 unspecified atom stereocenters. The van der Waals surface area contributed by atoms with E-state index >= 15 is 0 Å². The van der Waals surface area contributed by atoms with Gasteiger partial charge in [-0.25, -0.2) is 4.39 Å². The van der Waals surface area contributed by atoms with Gasteiger partial charge in [0, 0.05) is 13.1 Å². The van der Waals surface area contributed by atoms with Crippen molar-refractivity contribution in [1.82, 2.24) is 5.32 Å². The summed E-state index contributed by atoms with van der Waals surface area (Å²) in [5.41, 5.74) is 2.99. The molecular formula is C18H20FNO2.